The Kier molecular flexibility index (Phi) is 3.62. The van der Waals surface area contributed by atoms with Crippen molar-refractivity contribution in [2.24, 2.45) is 17.8 Å². The Morgan fingerprint density at radius 1 is 1.20 bits per heavy atom. The van der Waals surface area contributed by atoms with Crippen LogP contribution in [0.3, 0.4) is 0 Å². The molecule has 2 unspecified atom stereocenters. The van der Waals surface area contributed by atoms with E-state index in [0.29, 0.717) is 11.8 Å². The molecule has 0 spiro atoms. The SMILES string of the molecule is O=C(O)C1CCCC1CC1CCOCC1. The summed E-state index contributed by atoms with van der Waals surface area (Å²) in [7, 11) is 0. The topological polar surface area (TPSA) is 46.5 Å². The Morgan fingerprint density at radius 3 is 2.60 bits per heavy atom. The van der Waals surface area contributed by atoms with Gasteiger partial charge in [-0.2, -0.15) is 0 Å². The van der Waals surface area contributed by atoms with Gasteiger partial charge in [0, 0.05) is 13.2 Å². The normalized spacial score (nSPS) is 33.1. The van der Waals surface area contributed by atoms with Crippen molar-refractivity contribution >= 4 is 5.97 Å². The van der Waals surface area contributed by atoms with Crippen LogP contribution >= 0.6 is 0 Å². The largest absolute Gasteiger partial charge is 0.481 e. The molecule has 0 aromatic rings. The number of hydrogen-bond acceptors (Lipinski definition) is 2. The molecule has 1 aliphatic heterocycles. The smallest absolute Gasteiger partial charge is 0.306 e. The zero-order valence-electron chi connectivity index (χ0n) is 9.15. The molecule has 2 aliphatic rings. The molecule has 1 N–H and O–H groups in total. The average molecular weight is 212 g/mol. The maximum absolute atomic E-state index is 11.0. The lowest BCUT2D eigenvalue weighted by molar-refractivity contribution is -0.143. The van der Waals surface area contributed by atoms with Gasteiger partial charge in [-0.15, -0.1) is 0 Å². The van der Waals surface area contributed by atoms with Crippen LogP contribution in [0.5, 0.6) is 0 Å². The van der Waals surface area contributed by atoms with Crippen molar-refractivity contribution in [3.05, 3.63) is 0 Å². The van der Waals surface area contributed by atoms with Gasteiger partial charge in [0.25, 0.3) is 0 Å². The van der Waals surface area contributed by atoms with E-state index in [-0.39, 0.29) is 5.92 Å². The summed E-state index contributed by atoms with van der Waals surface area (Å²) in [6.45, 7) is 1.74. The van der Waals surface area contributed by atoms with Crippen LogP contribution in [-0.2, 0) is 9.53 Å². The first-order valence-electron chi connectivity index (χ1n) is 6.08. The second-order valence-electron chi connectivity index (χ2n) is 4.93. The van der Waals surface area contributed by atoms with Gasteiger partial charge in [0.05, 0.1) is 5.92 Å². The number of carboxylic acid groups (broad SMARTS) is 1. The van der Waals surface area contributed by atoms with Crippen LogP contribution in [0.25, 0.3) is 0 Å². The molecule has 3 nitrogen and oxygen atoms in total. The molecule has 0 bridgehead atoms. The van der Waals surface area contributed by atoms with Crippen LogP contribution in [0.4, 0.5) is 0 Å². The molecular weight excluding hydrogens is 192 g/mol. The number of rotatable bonds is 3. The average Bonchev–Trinajstić information content (AvgIpc) is 2.67. The molecule has 2 rings (SSSR count). The van der Waals surface area contributed by atoms with Crippen molar-refractivity contribution in [3.63, 3.8) is 0 Å². The van der Waals surface area contributed by atoms with Gasteiger partial charge in [0.15, 0.2) is 0 Å². The number of hydrogen-bond donors (Lipinski definition) is 1. The second kappa shape index (κ2) is 4.97. The standard InChI is InChI=1S/C12H20O3/c13-12(14)11-3-1-2-10(11)8-9-4-6-15-7-5-9/h9-11H,1-8H2,(H,13,14). The molecule has 1 saturated heterocycles. The molecule has 0 aromatic heterocycles. The first-order valence-corrected chi connectivity index (χ1v) is 6.08. The van der Waals surface area contributed by atoms with Gasteiger partial charge in [-0.1, -0.05) is 6.42 Å². The van der Waals surface area contributed by atoms with Crippen molar-refractivity contribution in [2.75, 3.05) is 13.2 Å². The Hall–Kier alpha value is -0.570. The number of carbonyl (C=O) groups is 1. The first-order chi connectivity index (χ1) is 7.27. The summed E-state index contributed by atoms with van der Waals surface area (Å²) < 4.78 is 5.32. The molecule has 86 valence electrons. The van der Waals surface area contributed by atoms with Crippen LogP contribution in [0, 0.1) is 17.8 Å². The van der Waals surface area contributed by atoms with Crippen LogP contribution in [0.2, 0.25) is 0 Å². The summed E-state index contributed by atoms with van der Waals surface area (Å²) in [5, 5.41) is 9.09. The summed E-state index contributed by atoms with van der Waals surface area (Å²) in [6.07, 6.45) is 6.48. The van der Waals surface area contributed by atoms with E-state index < -0.39 is 5.97 Å². The van der Waals surface area contributed by atoms with E-state index >= 15 is 0 Å². The van der Waals surface area contributed by atoms with Gasteiger partial charge in [-0.05, 0) is 43.9 Å². The van der Waals surface area contributed by atoms with Crippen LogP contribution in [0.15, 0.2) is 0 Å². The lowest BCUT2D eigenvalue weighted by atomic mass is 9.83. The summed E-state index contributed by atoms with van der Waals surface area (Å²) in [4.78, 5) is 11.0. The van der Waals surface area contributed by atoms with E-state index in [4.69, 9.17) is 9.84 Å². The molecule has 3 heteroatoms. The molecule has 1 saturated carbocycles. The summed E-state index contributed by atoms with van der Waals surface area (Å²) in [5.74, 6) is 0.506. The summed E-state index contributed by atoms with van der Waals surface area (Å²) >= 11 is 0. The minimum atomic E-state index is -0.579. The molecule has 1 aliphatic carbocycles. The quantitative estimate of drug-likeness (QED) is 0.780. The molecule has 0 aromatic carbocycles. The van der Waals surface area contributed by atoms with Gasteiger partial charge >= 0.3 is 5.97 Å². The van der Waals surface area contributed by atoms with Crippen molar-refractivity contribution in [3.8, 4) is 0 Å². The van der Waals surface area contributed by atoms with Gasteiger partial charge in [0.2, 0.25) is 0 Å². The van der Waals surface area contributed by atoms with Crippen LogP contribution in [0.1, 0.15) is 38.5 Å². The van der Waals surface area contributed by atoms with E-state index in [9.17, 15) is 4.79 Å². The maximum atomic E-state index is 11.0. The van der Waals surface area contributed by atoms with Crippen LogP contribution < -0.4 is 0 Å². The molecule has 2 fully saturated rings. The first kappa shape index (κ1) is 10.9. The molecule has 2 atom stereocenters. The molecule has 15 heavy (non-hydrogen) atoms. The predicted molar refractivity (Wildman–Crippen MR) is 56.6 cm³/mol. The third kappa shape index (κ3) is 2.71. The zero-order valence-corrected chi connectivity index (χ0v) is 9.15. The van der Waals surface area contributed by atoms with Gasteiger partial charge in [-0.3, -0.25) is 4.79 Å². The van der Waals surface area contributed by atoms with Crippen molar-refractivity contribution in [1.82, 2.24) is 0 Å². The number of carboxylic acids is 1. The van der Waals surface area contributed by atoms with Crippen LogP contribution in [-0.4, -0.2) is 24.3 Å². The highest BCUT2D eigenvalue weighted by atomic mass is 16.5. The second-order valence-corrected chi connectivity index (χ2v) is 4.93. The van der Waals surface area contributed by atoms with Crippen molar-refractivity contribution in [1.29, 1.82) is 0 Å². The maximum Gasteiger partial charge on any atom is 0.306 e. The minimum Gasteiger partial charge on any atom is -0.481 e. The third-order valence-corrected chi connectivity index (χ3v) is 3.95. The highest BCUT2D eigenvalue weighted by molar-refractivity contribution is 5.70. The van der Waals surface area contributed by atoms with Crippen molar-refractivity contribution in [2.45, 2.75) is 38.5 Å². The van der Waals surface area contributed by atoms with E-state index in [1.54, 1.807) is 0 Å². The lowest BCUT2D eigenvalue weighted by Crippen LogP contribution is -2.23. The van der Waals surface area contributed by atoms with Gasteiger partial charge in [0.1, 0.15) is 0 Å². The predicted octanol–water partition coefficient (Wildman–Crippen LogP) is 2.30. The molecule has 0 radical (unpaired) electrons. The molecular formula is C12H20O3. The van der Waals surface area contributed by atoms with E-state index in [1.165, 1.54) is 0 Å². The van der Waals surface area contributed by atoms with Gasteiger partial charge in [-0.25, -0.2) is 0 Å². The number of aliphatic carboxylic acids is 1. The zero-order chi connectivity index (χ0) is 10.7. The molecule has 1 heterocycles. The fourth-order valence-electron chi connectivity index (χ4n) is 3.05. The van der Waals surface area contributed by atoms with E-state index in [1.807, 2.05) is 0 Å². The fraction of sp³-hybridized carbons (Fsp3) is 0.917. The number of ether oxygens (including phenoxy) is 1. The Balaban J connectivity index is 1.84. The highest BCUT2D eigenvalue weighted by Crippen LogP contribution is 2.38. The summed E-state index contributed by atoms with van der Waals surface area (Å²) in [5.41, 5.74) is 0. The Labute approximate surface area is 90.8 Å². The minimum absolute atomic E-state index is 0.0622. The van der Waals surface area contributed by atoms with E-state index in [2.05, 4.69) is 0 Å². The Bertz CT molecular complexity index is 221. The lowest BCUT2D eigenvalue weighted by Gasteiger charge is -2.26. The molecule has 0 amide bonds. The summed E-state index contributed by atoms with van der Waals surface area (Å²) in [6, 6.07) is 0. The van der Waals surface area contributed by atoms with E-state index in [0.717, 1.165) is 51.7 Å². The third-order valence-electron chi connectivity index (χ3n) is 3.95. The van der Waals surface area contributed by atoms with Crippen molar-refractivity contribution < 1.29 is 14.6 Å². The Morgan fingerprint density at radius 2 is 1.93 bits per heavy atom. The monoisotopic (exact) mass is 212 g/mol. The van der Waals surface area contributed by atoms with Gasteiger partial charge < -0.3 is 9.84 Å². The fourth-order valence-corrected chi connectivity index (χ4v) is 3.05. The highest BCUT2D eigenvalue weighted by Gasteiger charge is 2.34.